The molecular weight excluding hydrogens is 445 g/mol. The van der Waals surface area contributed by atoms with Crippen LogP contribution in [0.2, 0.25) is 0 Å². The number of carbonyl (C=O) groups is 1. The van der Waals surface area contributed by atoms with Crippen LogP contribution in [0.15, 0.2) is 18.2 Å². The first-order chi connectivity index (χ1) is 15.3. The molecule has 0 spiro atoms. The lowest BCUT2D eigenvalue weighted by atomic mass is 10.0. The lowest BCUT2D eigenvalue weighted by Crippen LogP contribution is -2.61. The second-order valence-corrected chi connectivity index (χ2v) is 9.17. The zero-order chi connectivity index (χ0) is 24.4. The molecule has 1 aromatic carbocycles. The summed E-state index contributed by atoms with van der Waals surface area (Å²) in [4.78, 5) is 25.9. The highest BCUT2D eigenvalue weighted by atomic mass is 19.4. The van der Waals surface area contributed by atoms with Crippen LogP contribution in [0.4, 0.5) is 35.0 Å². The Kier molecular flexibility index (Phi) is 7.37. The van der Waals surface area contributed by atoms with Crippen LogP contribution in [0, 0.1) is 10.1 Å². The predicted molar refractivity (Wildman–Crippen MR) is 116 cm³/mol. The maximum absolute atomic E-state index is 14.1. The van der Waals surface area contributed by atoms with Gasteiger partial charge >= 0.3 is 12.3 Å². The molecule has 1 amide bonds. The van der Waals surface area contributed by atoms with Gasteiger partial charge in [-0.15, -0.1) is 0 Å². The molecule has 184 valence electrons. The number of piperazine rings is 1. The number of nitro groups is 1. The van der Waals surface area contributed by atoms with Crippen molar-refractivity contribution in [2.24, 2.45) is 0 Å². The number of benzene rings is 1. The van der Waals surface area contributed by atoms with Crippen LogP contribution in [0.25, 0.3) is 0 Å². The summed E-state index contributed by atoms with van der Waals surface area (Å²) in [5.41, 5.74) is -1.25. The summed E-state index contributed by atoms with van der Waals surface area (Å²) in [5.74, 6) is 0. The smallest absolute Gasteiger partial charge is 0.412 e. The van der Waals surface area contributed by atoms with Gasteiger partial charge in [0.2, 0.25) is 0 Å². The molecule has 3 rings (SSSR count). The van der Waals surface area contributed by atoms with Crippen molar-refractivity contribution in [2.45, 2.75) is 57.5 Å². The Morgan fingerprint density at radius 1 is 1.21 bits per heavy atom. The van der Waals surface area contributed by atoms with Gasteiger partial charge in [0.05, 0.1) is 16.3 Å². The lowest BCUT2D eigenvalue weighted by molar-refractivity contribution is -0.384. The molecule has 0 bridgehead atoms. The van der Waals surface area contributed by atoms with Crippen molar-refractivity contribution >= 4 is 23.2 Å². The van der Waals surface area contributed by atoms with Crippen molar-refractivity contribution in [2.75, 3.05) is 43.1 Å². The topological polar surface area (TPSA) is 97.2 Å². The molecule has 33 heavy (non-hydrogen) atoms. The average molecular weight is 474 g/mol. The molecule has 2 heterocycles. The molecule has 2 fully saturated rings. The number of anilines is 2. The van der Waals surface area contributed by atoms with Gasteiger partial charge in [-0.05, 0) is 39.7 Å². The quantitative estimate of drug-likeness (QED) is 0.517. The first-order valence-corrected chi connectivity index (χ1v) is 10.8. The summed E-state index contributed by atoms with van der Waals surface area (Å²) in [6.07, 6.45) is -4.11. The molecule has 9 nitrogen and oxygen atoms in total. The Morgan fingerprint density at radius 3 is 2.45 bits per heavy atom. The number of non-ortho nitro benzene ring substituents is 1. The fourth-order valence-corrected chi connectivity index (χ4v) is 4.16. The Morgan fingerprint density at radius 2 is 1.88 bits per heavy atom. The van der Waals surface area contributed by atoms with Gasteiger partial charge < -0.3 is 14.4 Å². The largest absolute Gasteiger partial charge is 0.444 e. The second-order valence-electron chi connectivity index (χ2n) is 9.17. The van der Waals surface area contributed by atoms with Gasteiger partial charge in [0, 0.05) is 51.0 Å². The summed E-state index contributed by atoms with van der Waals surface area (Å²) in [5, 5.41) is 13.6. The van der Waals surface area contributed by atoms with Crippen LogP contribution in [0.3, 0.4) is 0 Å². The summed E-state index contributed by atoms with van der Waals surface area (Å²) in [6, 6.07) is 1.61. The van der Waals surface area contributed by atoms with Crippen molar-refractivity contribution in [3.63, 3.8) is 0 Å². The van der Waals surface area contributed by atoms with Crippen LogP contribution in [-0.4, -0.2) is 72.6 Å². The van der Waals surface area contributed by atoms with Gasteiger partial charge in [-0.2, -0.15) is 13.2 Å². The van der Waals surface area contributed by atoms with Gasteiger partial charge in [0.25, 0.3) is 5.69 Å². The number of ether oxygens (including phenoxy) is 2. The highest BCUT2D eigenvalue weighted by molar-refractivity contribution is 5.91. The van der Waals surface area contributed by atoms with E-state index in [1.807, 2.05) is 4.90 Å². The van der Waals surface area contributed by atoms with E-state index in [9.17, 15) is 28.1 Å². The Bertz CT molecular complexity index is 868. The van der Waals surface area contributed by atoms with Crippen LogP contribution in [0.1, 0.15) is 33.6 Å². The Hall–Kier alpha value is -2.60. The third-order valence-electron chi connectivity index (χ3n) is 5.63. The molecular formula is C21H29F3N4O5. The monoisotopic (exact) mass is 474 g/mol. The molecule has 1 atom stereocenters. The van der Waals surface area contributed by atoms with E-state index in [2.05, 4.69) is 5.32 Å². The van der Waals surface area contributed by atoms with Crippen LogP contribution in [0.5, 0.6) is 0 Å². The van der Waals surface area contributed by atoms with Crippen molar-refractivity contribution in [3.05, 3.63) is 28.3 Å². The molecule has 2 aliphatic heterocycles. The molecule has 1 N–H and O–H groups in total. The predicted octanol–water partition coefficient (Wildman–Crippen LogP) is 4.17. The summed E-state index contributed by atoms with van der Waals surface area (Å²) in [7, 11) is 0. The van der Waals surface area contributed by atoms with E-state index in [4.69, 9.17) is 9.47 Å². The third kappa shape index (κ3) is 6.47. The fraction of sp³-hybridized carbons (Fsp3) is 0.667. The van der Waals surface area contributed by atoms with Crippen molar-refractivity contribution in [1.29, 1.82) is 0 Å². The van der Waals surface area contributed by atoms with Crippen molar-refractivity contribution in [1.82, 2.24) is 4.90 Å². The highest BCUT2D eigenvalue weighted by Gasteiger charge is 2.48. The minimum Gasteiger partial charge on any atom is -0.444 e. The fourth-order valence-electron chi connectivity index (χ4n) is 4.16. The van der Waals surface area contributed by atoms with E-state index < -0.39 is 28.8 Å². The van der Waals surface area contributed by atoms with Gasteiger partial charge in [-0.25, -0.2) is 4.79 Å². The number of carbonyl (C=O) groups excluding carboxylic acids is 1. The maximum atomic E-state index is 14.1. The third-order valence-corrected chi connectivity index (χ3v) is 5.63. The zero-order valence-corrected chi connectivity index (χ0v) is 18.9. The van der Waals surface area contributed by atoms with E-state index in [-0.39, 0.29) is 36.2 Å². The molecule has 0 aliphatic carbocycles. The van der Waals surface area contributed by atoms with E-state index in [1.54, 1.807) is 20.8 Å². The molecule has 2 aliphatic rings. The number of alkyl halides is 3. The zero-order valence-electron chi connectivity index (χ0n) is 18.9. The van der Waals surface area contributed by atoms with Gasteiger partial charge in [-0.1, -0.05) is 0 Å². The molecule has 2 saturated heterocycles. The van der Waals surface area contributed by atoms with Gasteiger partial charge in [0.1, 0.15) is 11.6 Å². The maximum Gasteiger partial charge on any atom is 0.412 e. The van der Waals surface area contributed by atoms with E-state index in [1.165, 1.54) is 6.07 Å². The molecule has 1 unspecified atom stereocenters. The minimum absolute atomic E-state index is 0.0157. The first-order valence-electron chi connectivity index (χ1n) is 10.8. The van der Waals surface area contributed by atoms with Crippen molar-refractivity contribution < 1.29 is 32.4 Å². The number of halogens is 3. The average Bonchev–Trinajstić information content (AvgIpc) is 2.72. The number of nitrogens with one attached hydrogen (secondary N) is 1. The van der Waals surface area contributed by atoms with E-state index in [0.717, 1.165) is 17.0 Å². The molecule has 0 radical (unpaired) electrons. The first kappa shape index (κ1) is 25.0. The van der Waals surface area contributed by atoms with Crippen LogP contribution in [-0.2, 0) is 9.47 Å². The number of nitrogens with zero attached hydrogens (tertiary/aromatic N) is 3. The minimum atomic E-state index is -4.55. The van der Waals surface area contributed by atoms with E-state index in [0.29, 0.717) is 32.6 Å². The molecule has 0 aromatic heterocycles. The Balaban J connectivity index is 1.91. The van der Waals surface area contributed by atoms with Crippen LogP contribution >= 0.6 is 0 Å². The summed E-state index contributed by atoms with van der Waals surface area (Å²) in [6.45, 7) is 6.14. The number of hydrogen-bond donors (Lipinski definition) is 1. The Labute approximate surface area is 190 Å². The SMILES string of the molecule is CC(C)(C)OC(=O)Nc1cc([N+](=O)[O-])ccc1N1CCN(C2CCOCC2)CC1C(F)(F)F. The summed E-state index contributed by atoms with van der Waals surface area (Å²) < 4.78 is 52.9. The number of nitro benzene ring substituents is 1. The summed E-state index contributed by atoms with van der Waals surface area (Å²) >= 11 is 0. The molecule has 0 saturated carbocycles. The number of amides is 1. The van der Waals surface area contributed by atoms with Crippen LogP contribution < -0.4 is 10.2 Å². The van der Waals surface area contributed by atoms with Gasteiger partial charge in [-0.3, -0.25) is 20.3 Å². The number of hydrogen-bond acceptors (Lipinski definition) is 7. The standard InChI is InChI=1S/C21H29F3N4O5/c1-20(2,3)33-19(29)25-16-12-15(28(30)31)4-5-17(16)27-9-8-26(13-18(27)21(22,23)24)14-6-10-32-11-7-14/h4-5,12,14,18H,6-11,13H2,1-3H3,(H,25,29). The molecule has 1 aromatic rings. The normalized spacial score (nSPS) is 21.0. The van der Waals surface area contributed by atoms with Gasteiger partial charge in [0.15, 0.2) is 0 Å². The number of rotatable bonds is 4. The highest BCUT2D eigenvalue weighted by Crippen LogP contribution is 2.38. The second kappa shape index (κ2) is 9.72. The van der Waals surface area contributed by atoms with E-state index >= 15 is 0 Å². The van der Waals surface area contributed by atoms with Crippen molar-refractivity contribution in [3.8, 4) is 0 Å². The molecule has 12 heteroatoms. The lowest BCUT2D eigenvalue weighted by Gasteiger charge is -2.47.